The second kappa shape index (κ2) is 4.90. The Morgan fingerprint density at radius 3 is 2.68 bits per heavy atom. The van der Waals surface area contributed by atoms with Crippen LogP contribution >= 0.6 is 0 Å². The summed E-state index contributed by atoms with van der Waals surface area (Å²) in [6, 6.07) is 5.99. The topological polar surface area (TPSA) is 84.8 Å². The van der Waals surface area contributed by atoms with Gasteiger partial charge < -0.3 is 10.5 Å². The van der Waals surface area contributed by atoms with Gasteiger partial charge in [-0.25, -0.2) is 4.39 Å². The van der Waals surface area contributed by atoms with Gasteiger partial charge in [0.1, 0.15) is 11.6 Å². The molecule has 5 nitrogen and oxygen atoms in total. The number of rotatable bonds is 2. The molecular weight excluding hydrogens is 247 g/mol. The molecule has 2 rings (SSSR count). The Hall–Kier alpha value is -2.68. The largest absolute Gasteiger partial charge is 0.433 e. The number of nitrogens with zero attached hydrogens (tertiary/aromatic N) is 3. The van der Waals surface area contributed by atoms with Gasteiger partial charge in [-0.15, -0.1) is 5.10 Å². The molecule has 0 aliphatic rings. The van der Waals surface area contributed by atoms with Gasteiger partial charge in [0.25, 0.3) is 5.88 Å². The van der Waals surface area contributed by atoms with Gasteiger partial charge in [0.2, 0.25) is 0 Å². The third-order valence-corrected chi connectivity index (χ3v) is 2.70. The fourth-order valence-corrected chi connectivity index (χ4v) is 1.49. The Morgan fingerprint density at radius 2 is 2.05 bits per heavy atom. The van der Waals surface area contributed by atoms with Gasteiger partial charge in [0.05, 0.1) is 5.69 Å². The van der Waals surface area contributed by atoms with E-state index in [1.807, 2.05) is 6.07 Å². The molecule has 6 heteroatoms. The van der Waals surface area contributed by atoms with Crippen molar-refractivity contribution >= 4 is 5.69 Å². The van der Waals surface area contributed by atoms with E-state index in [9.17, 15) is 4.39 Å². The maximum atomic E-state index is 13.6. The Kier molecular flexibility index (Phi) is 3.29. The summed E-state index contributed by atoms with van der Waals surface area (Å²) >= 11 is 0. The molecule has 0 amide bonds. The van der Waals surface area contributed by atoms with Crippen LogP contribution in [0, 0.1) is 31.0 Å². The molecule has 0 saturated heterocycles. The monoisotopic (exact) mass is 258 g/mol. The third kappa shape index (κ3) is 2.45. The molecule has 2 aromatic rings. The van der Waals surface area contributed by atoms with Crippen LogP contribution in [-0.2, 0) is 0 Å². The molecule has 0 aliphatic carbocycles. The van der Waals surface area contributed by atoms with E-state index in [1.54, 1.807) is 13.8 Å². The standard InChI is InChI=1S/C13H11FN4O/c1-7-8(2)17-18-13(10(7)6-15)19-12-4-3-9(16)5-11(12)14/h3-5H,16H2,1-2H3. The van der Waals surface area contributed by atoms with Crippen LogP contribution in [0.1, 0.15) is 16.8 Å². The highest BCUT2D eigenvalue weighted by Crippen LogP contribution is 2.28. The average Bonchev–Trinajstić information content (AvgIpc) is 2.37. The first kappa shape index (κ1) is 12.8. The zero-order valence-electron chi connectivity index (χ0n) is 10.4. The molecule has 1 heterocycles. The normalized spacial score (nSPS) is 10.0. The first-order valence-electron chi connectivity index (χ1n) is 5.49. The molecule has 19 heavy (non-hydrogen) atoms. The highest BCUT2D eigenvalue weighted by molar-refractivity contribution is 5.48. The van der Waals surface area contributed by atoms with Crippen LogP contribution in [0.5, 0.6) is 11.6 Å². The van der Waals surface area contributed by atoms with Crippen LogP contribution in [-0.4, -0.2) is 10.2 Å². The summed E-state index contributed by atoms with van der Waals surface area (Å²) in [5, 5.41) is 16.7. The van der Waals surface area contributed by atoms with Crippen LogP contribution in [0.4, 0.5) is 10.1 Å². The number of ether oxygens (including phenoxy) is 1. The van der Waals surface area contributed by atoms with E-state index in [-0.39, 0.29) is 22.9 Å². The van der Waals surface area contributed by atoms with Crippen molar-refractivity contribution in [2.75, 3.05) is 5.73 Å². The zero-order valence-corrected chi connectivity index (χ0v) is 10.4. The van der Waals surface area contributed by atoms with E-state index in [1.165, 1.54) is 12.1 Å². The van der Waals surface area contributed by atoms with Gasteiger partial charge in [-0.1, -0.05) is 0 Å². The average molecular weight is 258 g/mol. The van der Waals surface area contributed by atoms with Crippen molar-refractivity contribution in [2.24, 2.45) is 0 Å². The van der Waals surface area contributed by atoms with Crippen molar-refractivity contribution in [3.63, 3.8) is 0 Å². The maximum Gasteiger partial charge on any atom is 0.257 e. The van der Waals surface area contributed by atoms with E-state index in [0.717, 1.165) is 6.07 Å². The van der Waals surface area contributed by atoms with Gasteiger partial charge in [0.15, 0.2) is 11.6 Å². The molecular formula is C13H11FN4O. The summed E-state index contributed by atoms with van der Waals surface area (Å²) in [5.74, 6) is -0.693. The molecule has 1 aromatic heterocycles. The van der Waals surface area contributed by atoms with Crippen molar-refractivity contribution in [3.05, 3.63) is 40.8 Å². The van der Waals surface area contributed by atoms with Crippen LogP contribution in [0.3, 0.4) is 0 Å². The number of aromatic nitrogens is 2. The molecule has 1 aromatic carbocycles. The second-order valence-electron chi connectivity index (χ2n) is 3.99. The fourth-order valence-electron chi connectivity index (χ4n) is 1.49. The number of hydrogen-bond donors (Lipinski definition) is 1. The number of nitriles is 1. The van der Waals surface area contributed by atoms with Gasteiger partial charge in [-0.05, 0) is 31.5 Å². The molecule has 0 aliphatic heterocycles. The van der Waals surface area contributed by atoms with Gasteiger partial charge in [-0.2, -0.15) is 10.4 Å². The van der Waals surface area contributed by atoms with E-state index < -0.39 is 5.82 Å². The van der Waals surface area contributed by atoms with E-state index in [4.69, 9.17) is 15.7 Å². The molecule has 0 unspecified atom stereocenters. The van der Waals surface area contributed by atoms with Crippen LogP contribution in [0.25, 0.3) is 0 Å². The Bertz CT molecular complexity index is 679. The Morgan fingerprint density at radius 1 is 1.32 bits per heavy atom. The molecule has 0 fully saturated rings. The minimum Gasteiger partial charge on any atom is -0.433 e. The van der Waals surface area contributed by atoms with Gasteiger partial charge in [-0.3, -0.25) is 0 Å². The first-order chi connectivity index (χ1) is 9.02. The molecule has 0 radical (unpaired) electrons. The lowest BCUT2D eigenvalue weighted by Crippen LogP contribution is -2.01. The second-order valence-corrected chi connectivity index (χ2v) is 3.99. The molecule has 0 saturated carbocycles. The lowest BCUT2D eigenvalue weighted by Gasteiger charge is -2.09. The summed E-state index contributed by atoms with van der Waals surface area (Å²) in [6.07, 6.45) is 0. The number of nitrogen functional groups attached to an aromatic ring is 1. The molecule has 96 valence electrons. The third-order valence-electron chi connectivity index (χ3n) is 2.70. The fraction of sp³-hybridized carbons (Fsp3) is 0.154. The predicted octanol–water partition coefficient (Wildman–Crippen LogP) is 2.48. The lowest BCUT2D eigenvalue weighted by molar-refractivity contribution is 0.419. The van der Waals surface area contributed by atoms with Crippen LogP contribution < -0.4 is 10.5 Å². The van der Waals surface area contributed by atoms with Crippen molar-refractivity contribution in [1.29, 1.82) is 5.26 Å². The maximum absolute atomic E-state index is 13.6. The number of benzene rings is 1. The summed E-state index contributed by atoms with van der Waals surface area (Å²) in [5.41, 5.74) is 7.26. The highest BCUT2D eigenvalue weighted by atomic mass is 19.1. The van der Waals surface area contributed by atoms with E-state index >= 15 is 0 Å². The molecule has 0 atom stereocenters. The van der Waals surface area contributed by atoms with Crippen molar-refractivity contribution < 1.29 is 9.13 Å². The van der Waals surface area contributed by atoms with Crippen molar-refractivity contribution in [2.45, 2.75) is 13.8 Å². The van der Waals surface area contributed by atoms with Crippen molar-refractivity contribution in [3.8, 4) is 17.7 Å². The van der Waals surface area contributed by atoms with E-state index in [2.05, 4.69) is 10.2 Å². The quantitative estimate of drug-likeness (QED) is 0.836. The van der Waals surface area contributed by atoms with Crippen molar-refractivity contribution in [1.82, 2.24) is 10.2 Å². The summed E-state index contributed by atoms with van der Waals surface area (Å²) in [4.78, 5) is 0. The zero-order chi connectivity index (χ0) is 14.0. The predicted molar refractivity (Wildman–Crippen MR) is 67.1 cm³/mol. The lowest BCUT2D eigenvalue weighted by atomic mass is 10.1. The molecule has 0 spiro atoms. The van der Waals surface area contributed by atoms with Crippen LogP contribution in [0.2, 0.25) is 0 Å². The van der Waals surface area contributed by atoms with Crippen LogP contribution in [0.15, 0.2) is 18.2 Å². The van der Waals surface area contributed by atoms with Gasteiger partial charge in [0, 0.05) is 11.8 Å². The minimum atomic E-state index is -0.621. The molecule has 2 N–H and O–H groups in total. The number of nitrogens with two attached hydrogens (primary N) is 1. The Labute approximate surface area is 109 Å². The first-order valence-corrected chi connectivity index (χ1v) is 5.49. The number of halogens is 1. The number of anilines is 1. The molecule has 0 bridgehead atoms. The van der Waals surface area contributed by atoms with E-state index in [0.29, 0.717) is 11.3 Å². The summed E-state index contributed by atoms with van der Waals surface area (Å²) in [6.45, 7) is 3.46. The number of hydrogen-bond acceptors (Lipinski definition) is 5. The smallest absolute Gasteiger partial charge is 0.257 e. The van der Waals surface area contributed by atoms with Gasteiger partial charge >= 0.3 is 0 Å². The Balaban J connectivity index is 2.44. The SMILES string of the molecule is Cc1nnc(Oc2ccc(N)cc2F)c(C#N)c1C. The summed E-state index contributed by atoms with van der Waals surface area (Å²) in [7, 11) is 0. The highest BCUT2D eigenvalue weighted by Gasteiger charge is 2.14. The number of aryl methyl sites for hydroxylation is 1. The summed E-state index contributed by atoms with van der Waals surface area (Å²) < 4.78 is 18.9. The minimum absolute atomic E-state index is 0.0192.